The van der Waals surface area contributed by atoms with Crippen molar-refractivity contribution >= 4 is 23.0 Å². The Labute approximate surface area is 124 Å². The van der Waals surface area contributed by atoms with Gasteiger partial charge in [0.2, 0.25) is 0 Å². The van der Waals surface area contributed by atoms with E-state index in [0.29, 0.717) is 5.75 Å². The van der Waals surface area contributed by atoms with E-state index < -0.39 is 11.7 Å². The third-order valence-electron chi connectivity index (χ3n) is 2.53. The molecule has 0 spiro atoms. The molecule has 2 rings (SSSR count). The molecule has 0 heterocycles. The van der Waals surface area contributed by atoms with Gasteiger partial charge in [-0.3, -0.25) is 0 Å². The summed E-state index contributed by atoms with van der Waals surface area (Å²) in [6.45, 7) is 0. The van der Waals surface area contributed by atoms with E-state index in [1.807, 2.05) is 0 Å². The van der Waals surface area contributed by atoms with Crippen molar-refractivity contribution in [3.8, 4) is 11.5 Å². The highest BCUT2D eigenvalue weighted by Crippen LogP contribution is 2.38. The normalized spacial score (nSPS) is 11.0. The van der Waals surface area contributed by atoms with Crippen LogP contribution in [0.15, 0.2) is 48.5 Å². The number of alkyl halides is 3. The second kappa shape index (κ2) is 6.01. The van der Waals surface area contributed by atoms with Crippen molar-refractivity contribution < 1.29 is 17.9 Å². The van der Waals surface area contributed by atoms with Gasteiger partial charge in [-0.15, -0.1) is 0 Å². The zero-order valence-corrected chi connectivity index (χ0v) is 11.5. The van der Waals surface area contributed by atoms with Gasteiger partial charge in [0.1, 0.15) is 11.5 Å². The van der Waals surface area contributed by atoms with E-state index in [0.717, 1.165) is 6.07 Å². The van der Waals surface area contributed by atoms with E-state index in [1.165, 1.54) is 12.1 Å². The predicted octanol–water partition coefficient (Wildman–Crippen LogP) is 4.15. The molecule has 3 nitrogen and oxygen atoms in total. The van der Waals surface area contributed by atoms with E-state index in [4.69, 9.17) is 10.5 Å². The van der Waals surface area contributed by atoms with Crippen LogP contribution in [-0.4, -0.2) is 5.11 Å². The van der Waals surface area contributed by atoms with Crippen molar-refractivity contribution in [2.45, 2.75) is 6.18 Å². The molecule has 0 aromatic heterocycles. The van der Waals surface area contributed by atoms with Crippen molar-refractivity contribution in [2.24, 2.45) is 5.73 Å². The van der Waals surface area contributed by atoms with Crippen LogP contribution in [0.25, 0.3) is 0 Å². The molecule has 0 radical (unpaired) electrons. The van der Waals surface area contributed by atoms with Crippen LogP contribution >= 0.6 is 12.2 Å². The summed E-state index contributed by atoms with van der Waals surface area (Å²) in [4.78, 5) is 0. The number of ether oxygens (including phenoxy) is 1. The SMILES string of the molecule is NC(=S)Nc1ccc(Oc2ccccc2)cc1C(F)(F)F. The first-order chi connectivity index (χ1) is 9.86. The number of nitrogens with two attached hydrogens (primary N) is 1. The fourth-order valence-corrected chi connectivity index (χ4v) is 1.80. The van der Waals surface area contributed by atoms with Gasteiger partial charge in [0.25, 0.3) is 0 Å². The van der Waals surface area contributed by atoms with Crippen LogP contribution in [-0.2, 0) is 6.18 Å². The van der Waals surface area contributed by atoms with Crippen molar-refractivity contribution in [3.05, 3.63) is 54.1 Å². The van der Waals surface area contributed by atoms with Gasteiger partial charge in [0.05, 0.1) is 11.3 Å². The van der Waals surface area contributed by atoms with Crippen molar-refractivity contribution in [3.63, 3.8) is 0 Å². The molecule has 0 unspecified atom stereocenters. The minimum Gasteiger partial charge on any atom is -0.457 e. The van der Waals surface area contributed by atoms with Gasteiger partial charge in [0.15, 0.2) is 5.11 Å². The van der Waals surface area contributed by atoms with Crippen molar-refractivity contribution in [2.75, 3.05) is 5.32 Å². The van der Waals surface area contributed by atoms with Gasteiger partial charge in [-0.05, 0) is 42.5 Å². The van der Waals surface area contributed by atoms with Crippen LogP contribution in [0.3, 0.4) is 0 Å². The van der Waals surface area contributed by atoms with Gasteiger partial charge in [-0.2, -0.15) is 13.2 Å². The van der Waals surface area contributed by atoms with Gasteiger partial charge < -0.3 is 15.8 Å². The van der Waals surface area contributed by atoms with Crippen LogP contribution in [0, 0.1) is 0 Å². The number of nitrogens with one attached hydrogen (secondary N) is 1. The molecule has 0 amide bonds. The average Bonchev–Trinajstić information content (AvgIpc) is 2.40. The first-order valence-electron chi connectivity index (χ1n) is 5.87. The third-order valence-corrected chi connectivity index (χ3v) is 2.64. The monoisotopic (exact) mass is 312 g/mol. The van der Waals surface area contributed by atoms with Crippen LogP contribution in [0.5, 0.6) is 11.5 Å². The highest BCUT2D eigenvalue weighted by atomic mass is 32.1. The fraction of sp³-hybridized carbons (Fsp3) is 0.0714. The van der Waals surface area contributed by atoms with Gasteiger partial charge in [0, 0.05) is 0 Å². The minimum absolute atomic E-state index is 0.0713. The molecule has 21 heavy (non-hydrogen) atoms. The molecule has 0 aliphatic rings. The molecule has 2 aromatic carbocycles. The number of rotatable bonds is 3. The maximum absolute atomic E-state index is 13.0. The summed E-state index contributed by atoms with van der Waals surface area (Å²) in [6.07, 6.45) is -4.55. The predicted molar refractivity (Wildman–Crippen MR) is 78.4 cm³/mol. The molecule has 0 aliphatic carbocycles. The molecule has 3 N–H and O–H groups in total. The van der Waals surface area contributed by atoms with Gasteiger partial charge in [-0.1, -0.05) is 18.2 Å². The summed E-state index contributed by atoms with van der Waals surface area (Å²) >= 11 is 4.57. The molecule has 0 atom stereocenters. The Bertz CT molecular complexity index is 644. The zero-order valence-electron chi connectivity index (χ0n) is 10.6. The van der Waals surface area contributed by atoms with E-state index in [9.17, 15) is 13.2 Å². The summed E-state index contributed by atoms with van der Waals surface area (Å²) in [5.41, 5.74) is 4.11. The first kappa shape index (κ1) is 15.1. The van der Waals surface area contributed by atoms with Crippen LogP contribution in [0.4, 0.5) is 18.9 Å². The average molecular weight is 312 g/mol. The Morgan fingerprint density at radius 1 is 1.05 bits per heavy atom. The van der Waals surface area contributed by atoms with Crippen molar-refractivity contribution in [1.29, 1.82) is 0 Å². The quantitative estimate of drug-likeness (QED) is 0.836. The van der Waals surface area contributed by atoms with Crippen molar-refractivity contribution in [1.82, 2.24) is 0 Å². The largest absolute Gasteiger partial charge is 0.457 e. The Morgan fingerprint density at radius 3 is 2.29 bits per heavy atom. The number of para-hydroxylation sites is 1. The summed E-state index contributed by atoms with van der Waals surface area (Å²) < 4.78 is 44.5. The molecule has 110 valence electrons. The van der Waals surface area contributed by atoms with E-state index >= 15 is 0 Å². The summed E-state index contributed by atoms with van der Waals surface area (Å²) in [6, 6.07) is 12.0. The van der Waals surface area contributed by atoms with Gasteiger partial charge in [-0.25, -0.2) is 0 Å². The number of benzene rings is 2. The number of hydrogen-bond acceptors (Lipinski definition) is 2. The zero-order chi connectivity index (χ0) is 15.5. The number of hydrogen-bond donors (Lipinski definition) is 2. The molecular weight excluding hydrogens is 301 g/mol. The lowest BCUT2D eigenvalue weighted by molar-refractivity contribution is -0.137. The third kappa shape index (κ3) is 4.09. The van der Waals surface area contributed by atoms with Gasteiger partial charge >= 0.3 is 6.18 Å². The van der Waals surface area contributed by atoms with Crippen LogP contribution in [0.2, 0.25) is 0 Å². The Balaban J connectivity index is 2.35. The fourth-order valence-electron chi connectivity index (χ4n) is 1.69. The summed E-state index contributed by atoms with van der Waals surface area (Å²) in [7, 11) is 0. The standard InChI is InChI=1S/C14H11F3N2OS/c15-14(16,17)11-8-10(6-7-12(11)19-13(18)21)20-9-4-2-1-3-5-9/h1-8H,(H3,18,19,21). The maximum Gasteiger partial charge on any atom is 0.418 e. The lowest BCUT2D eigenvalue weighted by Crippen LogP contribution is -2.21. The highest BCUT2D eigenvalue weighted by molar-refractivity contribution is 7.80. The second-order valence-electron chi connectivity index (χ2n) is 4.11. The van der Waals surface area contributed by atoms with Crippen LogP contribution in [0.1, 0.15) is 5.56 Å². The Kier molecular flexibility index (Phi) is 4.32. The molecule has 2 aromatic rings. The topological polar surface area (TPSA) is 47.3 Å². The molecule has 0 fully saturated rings. The smallest absolute Gasteiger partial charge is 0.418 e. The first-order valence-corrected chi connectivity index (χ1v) is 6.27. The number of halogens is 3. The molecule has 0 bridgehead atoms. The molecular formula is C14H11F3N2OS. The number of thiocarbonyl (C=S) groups is 1. The molecule has 0 saturated carbocycles. The second-order valence-corrected chi connectivity index (χ2v) is 4.55. The lowest BCUT2D eigenvalue weighted by Gasteiger charge is -2.15. The van der Waals surface area contributed by atoms with E-state index in [-0.39, 0.29) is 16.5 Å². The molecule has 0 aliphatic heterocycles. The highest BCUT2D eigenvalue weighted by Gasteiger charge is 2.34. The van der Waals surface area contributed by atoms with E-state index in [2.05, 4.69) is 17.5 Å². The minimum atomic E-state index is -4.55. The maximum atomic E-state index is 13.0. The Hall–Kier alpha value is -2.28. The molecule has 0 saturated heterocycles. The summed E-state index contributed by atoms with van der Waals surface area (Å²) in [5, 5.41) is 2.07. The Morgan fingerprint density at radius 2 is 1.71 bits per heavy atom. The molecule has 7 heteroatoms. The lowest BCUT2D eigenvalue weighted by atomic mass is 10.1. The van der Waals surface area contributed by atoms with E-state index in [1.54, 1.807) is 30.3 Å². The summed E-state index contributed by atoms with van der Waals surface area (Å²) in [5.74, 6) is 0.516. The number of anilines is 1. The van der Waals surface area contributed by atoms with Crippen LogP contribution < -0.4 is 15.8 Å².